The van der Waals surface area contributed by atoms with Gasteiger partial charge in [0.05, 0.1) is 6.10 Å². The number of aliphatic hydroxyl groups is 2. The van der Waals surface area contributed by atoms with E-state index < -0.39 is 36.5 Å². The highest BCUT2D eigenvalue weighted by Crippen LogP contribution is 2.36. The van der Waals surface area contributed by atoms with Crippen LogP contribution in [0.2, 0.25) is 0 Å². The smallest absolute Gasteiger partial charge is 0.184 e. The van der Waals surface area contributed by atoms with E-state index in [1.165, 1.54) is 0 Å². The van der Waals surface area contributed by atoms with E-state index >= 15 is 0 Å². The number of hydrogen-bond donors (Lipinski definition) is 2. The van der Waals surface area contributed by atoms with Gasteiger partial charge in [-0.15, -0.1) is 0 Å². The molecule has 0 radical (unpaired) electrons. The van der Waals surface area contributed by atoms with Gasteiger partial charge in [-0.25, -0.2) is 0 Å². The third-order valence-corrected chi connectivity index (χ3v) is 2.62. The second-order valence-corrected chi connectivity index (χ2v) is 4.29. The summed E-state index contributed by atoms with van der Waals surface area (Å²) in [6, 6.07) is 0. The van der Waals surface area contributed by atoms with Crippen molar-refractivity contribution in [1.82, 2.24) is 0 Å². The number of fused-ring (bicyclic) bond motifs is 1. The van der Waals surface area contributed by atoms with Gasteiger partial charge in [0.15, 0.2) is 12.1 Å². The first-order valence-electron chi connectivity index (χ1n) is 4.78. The van der Waals surface area contributed by atoms with E-state index in [1.807, 2.05) is 0 Å². The number of ether oxygens (including phenoxy) is 3. The van der Waals surface area contributed by atoms with Gasteiger partial charge in [0.2, 0.25) is 0 Å². The van der Waals surface area contributed by atoms with Gasteiger partial charge < -0.3 is 24.4 Å². The summed E-state index contributed by atoms with van der Waals surface area (Å²) in [4.78, 5) is 0. The van der Waals surface area contributed by atoms with Gasteiger partial charge in [-0.3, -0.25) is 0 Å². The van der Waals surface area contributed by atoms with Crippen molar-refractivity contribution in [2.24, 2.45) is 0 Å². The van der Waals surface area contributed by atoms with E-state index in [0.717, 1.165) is 0 Å². The van der Waals surface area contributed by atoms with Crippen molar-refractivity contribution in [1.29, 1.82) is 0 Å². The van der Waals surface area contributed by atoms with Crippen molar-refractivity contribution in [2.75, 3.05) is 0 Å². The molecule has 2 N–H and O–H groups in total. The lowest BCUT2D eigenvalue weighted by molar-refractivity contribution is -0.252. The normalized spacial score (nSPS) is 51.6. The van der Waals surface area contributed by atoms with Crippen LogP contribution < -0.4 is 0 Å². The number of hydrogen-bond acceptors (Lipinski definition) is 5. The minimum Gasteiger partial charge on any atom is -0.388 e. The van der Waals surface area contributed by atoms with Gasteiger partial charge in [0.1, 0.15) is 18.3 Å². The molecule has 0 bridgehead atoms. The quantitative estimate of drug-likeness (QED) is 0.562. The molecule has 2 rings (SSSR count). The van der Waals surface area contributed by atoms with Crippen LogP contribution in [-0.4, -0.2) is 46.7 Å². The van der Waals surface area contributed by atoms with E-state index in [0.29, 0.717) is 0 Å². The summed E-state index contributed by atoms with van der Waals surface area (Å²) >= 11 is 0. The molecule has 14 heavy (non-hydrogen) atoms. The molecule has 2 fully saturated rings. The van der Waals surface area contributed by atoms with Gasteiger partial charge in [0, 0.05) is 0 Å². The van der Waals surface area contributed by atoms with Crippen LogP contribution in [0.15, 0.2) is 0 Å². The standard InChI is InChI=1S/C9H16O5/c1-4-5(10)6-7(8(11)12-4)14-9(2,3)13-6/h4-8,10-11H,1-3H3/t4?,5-,6+,7?,8-/m1/s1. The molecule has 0 aliphatic carbocycles. The lowest BCUT2D eigenvalue weighted by Gasteiger charge is -2.36. The average molecular weight is 204 g/mol. The molecule has 2 saturated heterocycles. The fourth-order valence-corrected chi connectivity index (χ4v) is 1.95. The van der Waals surface area contributed by atoms with E-state index in [2.05, 4.69) is 0 Å². The Kier molecular flexibility index (Phi) is 2.32. The highest BCUT2D eigenvalue weighted by Gasteiger charge is 2.53. The zero-order valence-corrected chi connectivity index (χ0v) is 8.51. The fourth-order valence-electron chi connectivity index (χ4n) is 1.95. The van der Waals surface area contributed by atoms with Gasteiger partial charge in [-0.05, 0) is 20.8 Å². The van der Waals surface area contributed by atoms with Crippen LogP contribution in [0.4, 0.5) is 0 Å². The zero-order chi connectivity index (χ0) is 10.5. The maximum atomic E-state index is 9.76. The first kappa shape index (κ1) is 10.3. The van der Waals surface area contributed by atoms with Crippen LogP contribution in [0.3, 0.4) is 0 Å². The largest absolute Gasteiger partial charge is 0.388 e. The molecule has 2 unspecified atom stereocenters. The lowest BCUT2D eigenvalue weighted by atomic mass is 10.0. The van der Waals surface area contributed by atoms with Gasteiger partial charge in [-0.1, -0.05) is 0 Å². The fraction of sp³-hybridized carbons (Fsp3) is 1.00. The van der Waals surface area contributed by atoms with E-state index in [4.69, 9.17) is 14.2 Å². The minimum absolute atomic E-state index is 0.441. The Morgan fingerprint density at radius 3 is 2.29 bits per heavy atom. The molecular weight excluding hydrogens is 188 g/mol. The Morgan fingerprint density at radius 1 is 1.07 bits per heavy atom. The van der Waals surface area contributed by atoms with Crippen molar-refractivity contribution >= 4 is 0 Å². The molecular formula is C9H16O5. The first-order chi connectivity index (χ1) is 6.41. The summed E-state index contributed by atoms with van der Waals surface area (Å²) in [5, 5.41) is 19.3. The van der Waals surface area contributed by atoms with E-state index in [-0.39, 0.29) is 0 Å². The van der Waals surface area contributed by atoms with Crippen LogP contribution in [0.25, 0.3) is 0 Å². The Bertz CT molecular complexity index is 229. The molecule has 5 nitrogen and oxygen atoms in total. The average Bonchev–Trinajstić information content (AvgIpc) is 2.38. The molecule has 2 aliphatic heterocycles. The Balaban J connectivity index is 2.18. The van der Waals surface area contributed by atoms with E-state index in [1.54, 1.807) is 20.8 Å². The van der Waals surface area contributed by atoms with Crippen molar-refractivity contribution in [2.45, 2.75) is 57.3 Å². The summed E-state index contributed by atoms with van der Waals surface area (Å²) in [5.74, 6) is -0.773. The maximum absolute atomic E-state index is 9.76. The molecule has 0 aromatic heterocycles. The zero-order valence-electron chi connectivity index (χ0n) is 8.51. The summed E-state index contributed by atoms with van der Waals surface area (Å²) in [6.45, 7) is 5.18. The number of aliphatic hydroxyl groups excluding tert-OH is 2. The van der Waals surface area contributed by atoms with Gasteiger partial charge in [0.25, 0.3) is 0 Å². The van der Waals surface area contributed by atoms with Crippen molar-refractivity contribution in [3.05, 3.63) is 0 Å². The van der Waals surface area contributed by atoms with Crippen molar-refractivity contribution < 1.29 is 24.4 Å². The Morgan fingerprint density at radius 2 is 1.64 bits per heavy atom. The third-order valence-electron chi connectivity index (χ3n) is 2.62. The minimum atomic E-state index is -1.03. The van der Waals surface area contributed by atoms with Crippen LogP contribution in [0.5, 0.6) is 0 Å². The number of rotatable bonds is 0. The van der Waals surface area contributed by atoms with Crippen molar-refractivity contribution in [3.63, 3.8) is 0 Å². The molecule has 0 aromatic carbocycles. The first-order valence-corrected chi connectivity index (χ1v) is 4.78. The lowest BCUT2D eigenvalue weighted by Crippen LogP contribution is -2.55. The van der Waals surface area contributed by atoms with Gasteiger partial charge >= 0.3 is 0 Å². The molecule has 0 spiro atoms. The van der Waals surface area contributed by atoms with Crippen LogP contribution >= 0.6 is 0 Å². The highest BCUT2D eigenvalue weighted by molar-refractivity contribution is 4.94. The Labute approximate surface area is 82.6 Å². The molecule has 2 heterocycles. The SMILES string of the molecule is CC1O[C@@H](O)C2OC(C)(C)O[C@H]2[C@@H]1O. The molecule has 0 amide bonds. The van der Waals surface area contributed by atoms with Gasteiger partial charge in [-0.2, -0.15) is 0 Å². The van der Waals surface area contributed by atoms with Crippen molar-refractivity contribution in [3.8, 4) is 0 Å². The molecule has 2 aliphatic rings. The molecule has 5 heteroatoms. The predicted molar refractivity (Wildman–Crippen MR) is 46.4 cm³/mol. The summed E-state index contributed by atoms with van der Waals surface area (Å²) in [6.07, 6.45) is -3.34. The predicted octanol–water partition coefficient (Wildman–Crippen LogP) is -0.396. The molecule has 0 saturated carbocycles. The molecule has 0 aromatic rings. The molecule has 82 valence electrons. The van der Waals surface area contributed by atoms with Crippen LogP contribution in [0.1, 0.15) is 20.8 Å². The maximum Gasteiger partial charge on any atom is 0.184 e. The van der Waals surface area contributed by atoms with Crippen LogP contribution in [0, 0.1) is 0 Å². The van der Waals surface area contributed by atoms with Crippen LogP contribution in [-0.2, 0) is 14.2 Å². The topological polar surface area (TPSA) is 68.2 Å². The second-order valence-electron chi connectivity index (χ2n) is 4.29. The second kappa shape index (κ2) is 3.15. The monoisotopic (exact) mass is 204 g/mol. The third kappa shape index (κ3) is 1.55. The Hall–Kier alpha value is -0.200. The summed E-state index contributed by atoms with van der Waals surface area (Å²) in [7, 11) is 0. The molecule has 5 atom stereocenters. The summed E-state index contributed by atoms with van der Waals surface area (Å²) in [5.41, 5.74) is 0. The highest BCUT2D eigenvalue weighted by atomic mass is 16.8. The van der Waals surface area contributed by atoms with E-state index in [9.17, 15) is 10.2 Å². The summed E-state index contributed by atoms with van der Waals surface area (Å²) < 4.78 is 16.0.